The molecule has 1 aliphatic rings. The number of carboxylic acids is 1. The minimum atomic E-state index is -3.28. The van der Waals surface area contributed by atoms with E-state index in [0.717, 1.165) is 17.9 Å². The molecule has 1 atom stereocenters. The SMILES string of the molecule is CN(C1CCSC1)S(=O)(=O)CCCC(=O)O. The number of thioether (sulfide) groups is 1. The van der Waals surface area contributed by atoms with Crippen molar-refractivity contribution in [3.05, 3.63) is 0 Å². The van der Waals surface area contributed by atoms with E-state index in [1.54, 1.807) is 18.8 Å². The van der Waals surface area contributed by atoms with Gasteiger partial charge in [0.25, 0.3) is 0 Å². The first-order chi connectivity index (χ1) is 7.43. The summed E-state index contributed by atoms with van der Waals surface area (Å²) in [4.78, 5) is 10.3. The highest BCUT2D eigenvalue weighted by atomic mass is 32.2. The Hall–Kier alpha value is -0.270. The van der Waals surface area contributed by atoms with E-state index in [1.807, 2.05) is 0 Å². The summed E-state index contributed by atoms with van der Waals surface area (Å²) in [5.74, 6) is 0.819. The third-order valence-electron chi connectivity index (χ3n) is 2.65. The van der Waals surface area contributed by atoms with Gasteiger partial charge in [0.1, 0.15) is 0 Å². The maximum absolute atomic E-state index is 11.8. The molecule has 1 aliphatic heterocycles. The highest BCUT2D eigenvalue weighted by Crippen LogP contribution is 2.23. The fraction of sp³-hybridized carbons (Fsp3) is 0.889. The lowest BCUT2D eigenvalue weighted by Gasteiger charge is -2.22. The molecule has 1 saturated heterocycles. The number of hydrogen-bond acceptors (Lipinski definition) is 4. The average molecular weight is 267 g/mol. The second-order valence-corrected chi connectivity index (χ2v) is 7.14. The van der Waals surface area contributed by atoms with E-state index in [-0.39, 0.29) is 24.6 Å². The molecule has 1 fully saturated rings. The zero-order chi connectivity index (χ0) is 12.2. The second kappa shape index (κ2) is 5.88. The smallest absolute Gasteiger partial charge is 0.303 e. The zero-order valence-corrected chi connectivity index (χ0v) is 10.9. The molecule has 16 heavy (non-hydrogen) atoms. The predicted octanol–water partition coefficient (Wildman–Crippen LogP) is 0.618. The third-order valence-corrected chi connectivity index (χ3v) is 5.78. The number of sulfonamides is 1. The lowest BCUT2D eigenvalue weighted by atomic mass is 10.3. The van der Waals surface area contributed by atoms with Crippen molar-refractivity contribution in [3.8, 4) is 0 Å². The highest BCUT2D eigenvalue weighted by Gasteiger charge is 2.28. The van der Waals surface area contributed by atoms with E-state index in [4.69, 9.17) is 5.11 Å². The van der Waals surface area contributed by atoms with Gasteiger partial charge in [-0.3, -0.25) is 4.79 Å². The van der Waals surface area contributed by atoms with Gasteiger partial charge in [0.15, 0.2) is 0 Å². The Bertz CT molecular complexity index is 335. The maximum atomic E-state index is 11.8. The Morgan fingerprint density at radius 2 is 2.25 bits per heavy atom. The third kappa shape index (κ3) is 3.95. The Kier molecular flexibility index (Phi) is 5.07. The summed E-state index contributed by atoms with van der Waals surface area (Å²) in [5.41, 5.74) is 0. The molecule has 0 saturated carbocycles. The molecular weight excluding hydrogens is 250 g/mol. The van der Waals surface area contributed by atoms with Crippen LogP contribution in [0.2, 0.25) is 0 Å². The van der Waals surface area contributed by atoms with Crippen LogP contribution in [-0.2, 0) is 14.8 Å². The fourth-order valence-corrected chi connectivity index (χ4v) is 4.38. The molecule has 0 aliphatic carbocycles. The molecule has 0 amide bonds. The summed E-state index contributed by atoms with van der Waals surface area (Å²) in [6, 6.07) is 0.0832. The molecule has 94 valence electrons. The summed E-state index contributed by atoms with van der Waals surface area (Å²) >= 11 is 1.76. The summed E-state index contributed by atoms with van der Waals surface area (Å²) < 4.78 is 25.1. The molecule has 0 aromatic carbocycles. The molecule has 1 heterocycles. The molecule has 7 heteroatoms. The molecule has 0 aromatic heterocycles. The van der Waals surface area contributed by atoms with Crippen LogP contribution in [0.15, 0.2) is 0 Å². The molecule has 0 spiro atoms. The lowest BCUT2D eigenvalue weighted by Crippen LogP contribution is -2.38. The number of aliphatic carboxylic acids is 1. The molecule has 1 unspecified atom stereocenters. The van der Waals surface area contributed by atoms with Crippen molar-refractivity contribution in [1.29, 1.82) is 0 Å². The highest BCUT2D eigenvalue weighted by molar-refractivity contribution is 7.99. The van der Waals surface area contributed by atoms with Crippen LogP contribution in [0.25, 0.3) is 0 Å². The first-order valence-corrected chi connectivity index (χ1v) is 7.95. The summed E-state index contributed by atoms with van der Waals surface area (Å²) in [7, 11) is -1.69. The van der Waals surface area contributed by atoms with Crippen molar-refractivity contribution in [3.63, 3.8) is 0 Å². The van der Waals surface area contributed by atoms with Crippen LogP contribution >= 0.6 is 11.8 Å². The van der Waals surface area contributed by atoms with Crippen LogP contribution in [0.4, 0.5) is 0 Å². The predicted molar refractivity (Wildman–Crippen MR) is 64.1 cm³/mol. The molecular formula is C9H17NO4S2. The van der Waals surface area contributed by atoms with E-state index >= 15 is 0 Å². The van der Waals surface area contributed by atoms with Crippen LogP contribution in [0, 0.1) is 0 Å². The summed E-state index contributed by atoms with van der Waals surface area (Å²) in [6.45, 7) is 0. The van der Waals surface area contributed by atoms with Crippen molar-refractivity contribution >= 4 is 27.8 Å². The minimum absolute atomic E-state index is 0.0725. The lowest BCUT2D eigenvalue weighted by molar-refractivity contribution is -0.137. The normalized spacial score (nSPS) is 21.5. The van der Waals surface area contributed by atoms with Crippen LogP contribution in [0.3, 0.4) is 0 Å². The van der Waals surface area contributed by atoms with Gasteiger partial charge in [-0.15, -0.1) is 0 Å². The second-order valence-electron chi connectivity index (χ2n) is 3.85. The van der Waals surface area contributed by atoms with Crippen LogP contribution in [0.5, 0.6) is 0 Å². The van der Waals surface area contributed by atoms with E-state index in [2.05, 4.69) is 0 Å². The Labute approximate surface area is 100 Å². The van der Waals surface area contributed by atoms with Crippen molar-refractivity contribution in [2.45, 2.75) is 25.3 Å². The molecule has 0 radical (unpaired) electrons. The standard InChI is InChI=1S/C9H17NO4S2/c1-10(8-4-5-15-7-8)16(13,14)6-2-3-9(11)12/h8H,2-7H2,1H3,(H,11,12). The fourth-order valence-electron chi connectivity index (χ4n) is 1.59. The quantitative estimate of drug-likeness (QED) is 0.763. The number of carboxylic acid groups (broad SMARTS) is 1. The van der Waals surface area contributed by atoms with Gasteiger partial charge in [0.2, 0.25) is 10.0 Å². The topological polar surface area (TPSA) is 74.7 Å². The van der Waals surface area contributed by atoms with Gasteiger partial charge < -0.3 is 5.11 Å². The monoisotopic (exact) mass is 267 g/mol. The number of carbonyl (C=O) groups is 1. The van der Waals surface area contributed by atoms with Gasteiger partial charge in [-0.25, -0.2) is 12.7 Å². The van der Waals surface area contributed by atoms with E-state index in [9.17, 15) is 13.2 Å². The Balaban J connectivity index is 2.45. The van der Waals surface area contributed by atoms with E-state index in [1.165, 1.54) is 4.31 Å². The van der Waals surface area contributed by atoms with Crippen molar-refractivity contribution in [2.75, 3.05) is 24.3 Å². The van der Waals surface area contributed by atoms with E-state index < -0.39 is 16.0 Å². The zero-order valence-electron chi connectivity index (χ0n) is 9.26. The van der Waals surface area contributed by atoms with Gasteiger partial charge in [0, 0.05) is 25.3 Å². The Morgan fingerprint density at radius 1 is 1.56 bits per heavy atom. The van der Waals surface area contributed by atoms with Gasteiger partial charge in [0.05, 0.1) is 5.75 Å². The van der Waals surface area contributed by atoms with E-state index in [0.29, 0.717) is 0 Å². The first kappa shape index (κ1) is 13.8. The molecule has 1 N–H and O–H groups in total. The van der Waals surface area contributed by atoms with Crippen LogP contribution in [-0.4, -0.2) is 54.1 Å². The van der Waals surface area contributed by atoms with Crippen molar-refractivity contribution < 1.29 is 18.3 Å². The number of nitrogens with zero attached hydrogens (tertiary/aromatic N) is 1. The van der Waals surface area contributed by atoms with Crippen molar-refractivity contribution in [2.24, 2.45) is 0 Å². The van der Waals surface area contributed by atoms with Crippen LogP contribution < -0.4 is 0 Å². The molecule has 1 rings (SSSR count). The molecule has 0 aromatic rings. The molecule has 0 bridgehead atoms. The largest absolute Gasteiger partial charge is 0.481 e. The van der Waals surface area contributed by atoms with Gasteiger partial charge >= 0.3 is 5.97 Å². The molecule has 5 nitrogen and oxygen atoms in total. The number of rotatable bonds is 6. The van der Waals surface area contributed by atoms with Gasteiger partial charge in [-0.05, 0) is 18.6 Å². The maximum Gasteiger partial charge on any atom is 0.303 e. The first-order valence-electron chi connectivity index (χ1n) is 5.19. The summed E-state index contributed by atoms with van der Waals surface area (Å²) in [5, 5.41) is 8.45. The van der Waals surface area contributed by atoms with Crippen molar-refractivity contribution in [1.82, 2.24) is 4.31 Å². The minimum Gasteiger partial charge on any atom is -0.481 e. The number of hydrogen-bond donors (Lipinski definition) is 1. The summed E-state index contributed by atoms with van der Waals surface area (Å²) in [6.07, 6.45) is 0.980. The Morgan fingerprint density at radius 3 is 2.75 bits per heavy atom. The van der Waals surface area contributed by atoms with Gasteiger partial charge in [-0.1, -0.05) is 0 Å². The van der Waals surface area contributed by atoms with Gasteiger partial charge in [-0.2, -0.15) is 11.8 Å². The van der Waals surface area contributed by atoms with Crippen LogP contribution in [0.1, 0.15) is 19.3 Å². The average Bonchev–Trinajstić information content (AvgIpc) is 2.68.